The van der Waals surface area contributed by atoms with Crippen LogP contribution in [0.3, 0.4) is 0 Å². The Bertz CT molecular complexity index is 1150. The molecule has 0 bridgehead atoms. The molecule has 4 rings (SSSR count). The van der Waals surface area contributed by atoms with Crippen LogP contribution in [0, 0.1) is 5.41 Å². The minimum atomic E-state index is -0.487. The molecule has 0 radical (unpaired) electrons. The summed E-state index contributed by atoms with van der Waals surface area (Å²) in [5.41, 5.74) is 16.2. The molecule has 1 fully saturated rings. The molecule has 2 aliphatic rings. The molecular formula is C29H39N5O2. The lowest BCUT2D eigenvalue weighted by Gasteiger charge is -2.45. The number of nitrogens with zero attached hydrogens (tertiary/aromatic N) is 1. The van der Waals surface area contributed by atoms with E-state index in [0.717, 1.165) is 48.8 Å². The van der Waals surface area contributed by atoms with Gasteiger partial charge in [-0.2, -0.15) is 0 Å². The molecule has 0 spiro atoms. The zero-order valence-corrected chi connectivity index (χ0v) is 21.6. The van der Waals surface area contributed by atoms with Crippen LogP contribution in [0.25, 0.3) is 0 Å². The monoisotopic (exact) mass is 489 g/mol. The Balaban J connectivity index is 1.83. The van der Waals surface area contributed by atoms with E-state index in [0.29, 0.717) is 35.3 Å². The van der Waals surface area contributed by atoms with Crippen molar-refractivity contribution in [2.75, 3.05) is 5.32 Å². The number of likely N-dealkylation sites (tertiary alicyclic amines) is 1. The highest BCUT2D eigenvalue weighted by Gasteiger charge is 2.36. The predicted molar refractivity (Wildman–Crippen MR) is 144 cm³/mol. The van der Waals surface area contributed by atoms with Gasteiger partial charge in [-0.3, -0.25) is 19.9 Å². The molecule has 1 saturated heterocycles. The molecule has 2 aromatic rings. The minimum Gasteiger partial charge on any atom is -0.384 e. The number of nitrogens with one attached hydrogen (secondary N) is 2. The molecule has 7 nitrogen and oxygen atoms in total. The largest absolute Gasteiger partial charge is 0.384 e. The van der Waals surface area contributed by atoms with Gasteiger partial charge in [0.25, 0.3) is 0 Å². The van der Waals surface area contributed by atoms with Crippen molar-refractivity contribution in [3.05, 3.63) is 64.2 Å². The number of unbranched alkanes of at least 4 members (excludes halogenated alkanes) is 1. The zero-order valence-electron chi connectivity index (χ0n) is 21.6. The molecule has 4 unspecified atom stereocenters. The quantitative estimate of drug-likeness (QED) is 0.313. The van der Waals surface area contributed by atoms with E-state index in [2.05, 4.69) is 31.0 Å². The zero-order chi connectivity index (χ0) is 26.0. The van der Waals surface area contributed by atoms with Crippen LogP contribution in [-0.2, 0) is 11.2 Å². The summed E-state index contributed by atoms with van der Waals surface area (Å²) in [5.74, 6) is -1.04. The highest BCUT2D eigenvalue weighted by Crippen LogP contribution is 2.42. The summed E-state index contributed by atoms with van der Waals surface area (Å²) in [6, 6.07) is 12.1. The van der Waals surface area contributed by atoms with E-state index in [1.807, 2.05) is 24.3 Å². The molecule has 0 saturated carbocycles. The number of nitrogen functional groups attached to an aromatic ring is 1. The van der Waals surface area contributed by atoms with Crippen LogP contribution >= 0.6 is 0 Å². The fourth-order valence-corrected chi connectivity index (χ4v) is 6.10. The number of amides is 2. The highest BCUT2D eigenvalue weighted by molar-refractivity contribution is 6.02. The van der Waals surface area contributed by atoms with E-state index in [9.17, 15) is 9.59 Å². The van der Waals surface area contributed by atoms with Crippen molar-refractivity contribution in [2.24, 2.45) is 11.5 Å². The van der Waals surface area contributed by atoms with Crippen LogP contribution in [0.4, 0.5) is 5.69 Å². The van der Waals surface area contributed by atoms with E-state index in [-0.39, 0.29) is 17.8 Å². The number of anilines is 1. The summed E-state index contributed by atoms with van der Waals surface area (Å²) in [7, 11) is 0. The summed E-state index contributed by atoms with van der Waals surface area (Å²) in [4.78, 5) is 28.2. The number of benzene rings is 2. The van der Waals surface area contributed by atoms with Gasteiger partial charge in [-0.05, 0) is 74.4 Å². The number of nitrogens with two attached hydrogens (primary N) is 2. The fourth-order valence-electron chi connectivity index (χ4n) is 6.10. The van der Waals surface area contributed by atoms with E-state index in [1.54, 1.807) is 12.1 Å². The molecule has 2 aromatic carbocycles. The second-order valence-corrected chi connectivity index (χ2v) is 10.5. The Kier molecular flexibility index (Phi) is 7.79. The fraction of sp³-hybridized carbons (Fsp3) is 0.483. The Morgan fingerprint density at radius 1 is 1.14 bits per heavy atom. The summed E-state index contributed by atoms with van der Waals surface area (Å²) in [6.07, 6.45) is 7.20. The maximum Gasteiger partial charge on any atom is 0.248 e. The lowest BCUT2D eigenvalue weighted by Crippen LogP contribution is -2.46. The van der Waals surface area contributed by atoms with Gasteiger partial charge in [0.05, 0.1) is 5.92 Å². The van der Waals surface area contributed by atoms with Gasteiger partial charge < -0.3 is 16.8 Å². The molecule has 2 aliphatic heterocycles. The van der Waals surface area contributed by atoms with Crippen LogP contribution in [0.15, 0.2) is 36.4 Å². The summed E-state index contributed by atoms with van der Waals surface area (Å²) in [5, 5.41) is 10.9. The van der Waals surface area contributed by atoms with Crippen LogP contribution in [-0.4, -0.2) is 34.6 Å². The molecular weight excluding hydrogens is 450 g/mol. The number of carbonyl (C=O) groups is 2. The first-order valence-corrected chi connectivity index (χ1v) is 13.2. The number of fused-ring (bicyclic) bond motifs is 1. The Morgan fingerprint density at radius 3 is 2.50 bits per heavy atom. The summed E-state index contributed by atoms with van der Waals surface area (Å²) in [6.45, 7) is 6.81. The molecule has 7 heteroatoms. The molecule has 0 aliphatic carbocycles. The van der Waals surface area contributed by atoms with Crippen LogP contribution in [0.5, 0.6) is 0 Å². The average Bonchev–Trinajstić information content (AvgIpc) is 2.84. The van der Waals surface area contributed by atoms with Crippen molar-refractivity contribution < 1.29 is 9.59 Å². The topological polar surface area (TPSA) is 125 Å². The second-order valence-electron chi connectivity index (χ2n) is 10.5. The van der Waals surface area contributed by atoms with E-state index >= 15 is 0 Å². The Labute approximate surface area is 214 Å². The third-order valence-electron chi connectivity index (χ3n) is 7.96. The van der Waals surface area contributed by atoms with Crippen LogP contribution in [0.2, 0.25) is 0 Å². The normalized spacial score (nSPS) is 23.0. The maximum absolute atomic E-state index is 13.3. The molecule has 36 heavy (non-hydrogen) atoms. The number of piperidine rings is 1. The van der Waals surface area contributed by atoms with Crippen molar-refractivity contribution in [2.45, 2.75) is 89.8 Å². The third-order valence-corrected chi connectivity index (χ3v) is 7.96. The summed E-state index contributed by atoms with van der Waals surface area (Å²) < 4.78 is 0. The SMILES string of the molecule is CCCCC(c1cc(C(N)=O)cc2c1CC(c1cccc(C(=N)N)c1)C(=O)N2)N1C(C)CCCC1C. The van der Waals surface area contributed by atoms with E-state index in [1.165, 1.54) is 6.42 Å². The van der Waals surface area contributed by atoms with Crippen molar-refractivity contribution in [1.29, 1.82) is 5.41 Å². The van der Waals surface area contributed by atoms with Crippen LogP contribution in [0.1, 0.15) is 104 Å². The Hall–Kier alpha value is -3.19. The Morgan fingerprint density at radius 2 is 1.86 bits per heavy atom. The van der Waals surface area contributed by atoms with Gasteiger partial charge in [-0.1, -0.05) is 44.4 Å². The van der Waals surface area contributed by atoms with Gasteiger partial charge in [0, 0.05) is 34.9 Å². The molecule has 4 atom stereocenters. The molecule has 192 valence electrons. The summed E-state index contributed by atoms with van der Waals surface area (Å²) >= 11 is 0. The highest BCUT2D eigenvalue weighted by atomic mass is 16.2. The molecule has 2 amide bonds. The average molecular weight is 490 g/mol. The van der Waals surface area contributed by atoms with Crippen molar-refractivity contribution in [1.82, 2.24) is 4.90 Å². The molecule has 0 aromatic heterocycles. The van der Waals surface area contributed by atoms with Crippen molar-refractivity contribution in [3.8, 4) is 0 Å². The number of rotatable bonds is 8. The molecule has 6 N–H and O–H groups in total. The smallest absolute Gasteiger partial charge is 0.248 e. The first-order valence-electron chi connectivity index (χ1n) is 13.2. The molecule has 2 heterocycles. The van der Waals surface area contributed by atoms with Crippen molar-refractivity contribution >= 4 is 23.3 Å². The van der Waals surface area contributed by atoms with Gasteiger partial charge in [-0.25, -0.2) is 0 Å². The predicted octanol–water partition coefficient (Wildman–Crippen LogP) is 4.84. The second kappa shape index (κ2) is 10.8. The maximum atomic E-state index is 13.3. The van der Waals surface area contributed by atoms with E-state index < -0.39 is 11.8 Å². The lowest BCUT2D eigenvalue weighted by molar-refractivity contribution is -0.117. The first kappa shape index (κ1) is 25.9. The number of hydrogen-bond donors (Lipinski definition) is 4. The van der Waals surface area contributed by atoms with E-state index in [4.69, 9.17) is 16.9 Å². The van der Waals surface area contributed by atoms with Gasteiger partial charge in [0.2, 0.25) is 11.8 Å². The van der Waals surface area contributed by atoms with Gasteiger partial charge in [-0.15, -0.1) is 0 Å². The van der Waals surface area contributed by atoms with Gasteiger partial charge >= 0.3 is 0 Å². The first-order chi connectivity index (χ1) is 17.2. The van der Waals surface area contributed by atoms with Crippen molar-refractivity contribution in [3.63, 3.8) is 0 Å². The minimum absolute atomic E-state index is 0.0204. The van der Waals surface area contributed by atoms with Crippen LogP contribution < -0.4 is 16.8 Å². The number of carbonyl (C=O) groups excluding carboxylic acids is 2. The lowest BCUT2D eigenvalue weighted by atomic mass is 9.80. The number of primary amides is 1. The standard InChI is InChI=1S/C29H39N5O2/c1-4-5-12-26(34-17(2)8-6-9-18(34)3)24-14-21(28(32)35)15-25-23(24)16-22(29(36)33-25)19-10-7-11-20(13-19)27(30)31/h7,10-11,13-15,17-18,22,26H,4-6,8-9,12,16H2,1-3H3,(H3,30,31)(H2,32,35)(H,33,36). The number of hydrogen-bond acceptors (Lipinski definition) is 4. The van der Waals surface area contributed by atoms with Gasteiger partial charge in [0.1, 0.15) is 5.84 Å². The third kappa shape index (κ3) is 5.16. The number of amidine groups is 1. The van der Waals surface area contributed by atoms with Gasteiger partial charge in [0.15, 0.2) is 0 Å².